The Hall–Kier alpha value is -2.04. The highest BCUT2D eigenvalue weighted by molar-refractivity contribution is 7.89. The van der Waals surface area contributed by atoms with Crippen LogP contribution < -0.4 is 16.0 Å². The molecular formula is C9H13N7O2S. The molecule has 0 bridgehead atoms. The first-order valence-corrected chi connectivity index (χ1v) is 6.81. The van der Waals surface area contributed by atoms with Crippen molar-refractivity contribution in [3.8, 4) is 0 Å². The van der Waals surface area contributed by atoms with Crippen molar-refractivity contribution in [2.75, 3.05) is 5.43 Å². The Morgan fingerprint density at radius 3 is 2.53 bits per heavy atom. The number of H-pyrrole nitrogens is 1. The summed E-state index contributed by atoms with van der Waals surface area (Å²) in [7, 11) is -3.70. The zero-order valence-corrected chi connectivity index (χ0v) is 10.8. The van der Waals surface area contributed by atoms with Crippen molar-refractivity contribution >= 4 is 16.0 Å². The van der Waals surface area contributed by atoms with E-state index in [9.17, 15) is 8.42 Å². The summed E-state index contributed by atoms with van der Waals surface area (Å²) in [6, 6.07) is -0.420. The van der Waals surface area contributed by atoms with Crippen LogP contribution in [0.5, 0.6) is 0 Å². The quantitative estimate of drug-likeness (QED) is 0.429. The summed E-state index contributed by atoms with van der Waals surface area (Å²) in [5, 5.41) is 6.38. The number of hydrogen-bond acceptors (Lipinski definition) is 7. The van der Waals surface area contributed by atoms with Gasteiger partial charge in [0.1, 0.15) is 4.90 Å². The van der Waals surface area contributed by atoms with Gasteiger partial charge in [0.2, 0.25) is 16.0 Å². The predicted molar refractivity (Wildman–Crippen MR) is 67.2 cm³/mol. The number of nitrogen functional groups attached to an aromatic ring is 1. The lowest BCUT2D eigenvalue weighted by molar-refractivity contribution is 0.566. The summed E-state index contributed by atoms with van der Waals surface area (Å²) >= 11 is 0. The summed E-state index contributed by atoms with van der Waals surface area (Å²) in [6.45, 7) is 1.71. The van der Waals surface area contributed by atoms with Gasteiger partial charge in [-0.2, -0.15) is 5.10 Å². The molecule has 1 atom stereocenters. The molecule has 1 unspecified atom stereocenters. The zero-order valence-electron chi connectivity index (χ0n) is 10.0. The Labute approximate surface area is 109 Å². The molecule has 102 valence electrons. The Balaban J connectivity index is 2.17. The van der Waals surface area contributed by atoms with Gasteiger partial charge in [-0.3, -0.25) is 10.5 Å². The highest BCUT2D eigenvalue weighted by atomic mass is 32.2. The molecule has 0 radical (unpaired) electrons. The number of hydrazine groups is 1. The monoisotopic (exact) mass is 283 g/mol. The van der Waals surface area contributed by atoms with Crippen LogP contribution in [0.25, 0.3) is 0 Å². The number of anilines is 1. The van der Waals surface area contributed by atoms with E-state index >= 15 is 0 Å². The van der Waals surface area contributed by atoms with Crippen LogP contribution in [-0.2, 0) is 10.0 Å². The lowest BCUT2D eigenvalue weighted by atomic mass is 10.2. The molecule has 0 aliphatic rings. The van der Waals surface area contributed by atoms with Crippen molar-refractivity contribution in [3.63, 3.8) is 0 Å². The van der Waals surface area contributed by atoms with Gasteiger partial charge in [-0.15, -0.1) is 0 Å². The lowest BCUT2D eigenvalue weighted by Gasteiger charge is -2.12. The fraction of sp³-hybridized carbons (Fsp3) is 0.222. The van der Waals surface area contributed by atoms with E-state index in [1.165, 1.54) is 12.4 Å². The average Bonchev–Trinajstić information content (AvgIpc) is 2.92. The first-order valence-electron chi connectivity index (χ1n) is 5.32. The Morgan fingerprint density at radius 2 is 2.00 bits per heavy atom. The highest BCUT2D eigenvalue weighted by Crippen LogP contribution is 2.14. The van der Waals surface area contributed by atoms with Crippen molar-refractivity contribution in [2.45, 2.75) is 17.9 Å². The molecule has 0 saturated heterocycles. The maximum atomic E-state index is 12.1. The van der Waals surface area contributed by atoms with E-state index in [1.54, 1.807) is 19.3 Å². The van der Waals surface area contributed by atoms with E-state index in [0.29, 0.717) is 0 Å². The molecule has 19 heavy (non-hydrogen) atoms. The van der Waals surface area contributed by atoms with Crippen LogP contribution in [0.4, 0.5) is 5.95 Å². The molecule has 0 amide bonds. The topological polar surface area (TPSA) is 139 Å². The minimum atomic E-state index is -3.70. The largest absolute Gasteiger partial charge is 0.292 e. The lowest BCUT2D eigenvalue weighted by Crippen LogP contribution is -2.27. The van der Waals surface area contributed by atoms with Gasteiger partial charge in [0.25, 0.3) is 0 Å². The Bertz CT molecular complexity index is 623. The molecular weight excluding hydrogens is 270 g/mol. The third-order valence-corrected chi connectivity index (χ3v) is 3.91. The number of nitrogens with zero attached hydrogens (tertiary/aromatic N) is 3. The molecule has 5 N–H and O–H groups in total. The van der Waals surface area contributed by atoms with Gasteiger partial charge in [0.05, 0.1) is 18.6 Å². The predicted octanol–water partition coefficient (Wildman–Crippen LogP) is -0.475. The fourth-order valence-electron chi connectivity index (χ4n) is 1.40. The molecule has 0 fully saturated rings. The smallest absolute Gasteiger partial charge is 0.244 e. The van der Waals surface area contributed by atoms with Crippen molar-refractivity contribution in [1.82, 2.24) is 24.9 Å². The standard InChI is InChI=1S/C9H13N7O2S/c1-6(7-2-13-14-3-7)16-19(17,18)8-4-11-9(15-10)12-5-8/h2-6,16H,10H2,1H3,(H,13,14)(H,11,12,15). The van der Waals surface area contributed by atoms with E-state index in [2.05, 4.69) is 30.3 Å². The minimum Gasteiger partial charge on any atom is -0.292 e. The summed E-state index contributed by atoms with van der Waals surface area (Å²) in [6.07, 6.45) is 5.51. The third-order valence-electron chi connectivity index (χ3n) is 2.42. The van der Waals surface area contributed by atoms with E-state index in [4.69, 9.17) is 5.84 Å². The van der Waals surface area contributed by atoms with Crippen LogP contribution in [0.2, 0.25) is 0 Å². The summed E-state index contributed by atoms with van der Waals surface area (Å²) in [5.74, 6) is 5.24. The van der Waals surface area contributed by atoms with Crippen LogP contribution in [0.3, 0.4) is 0 Å². The second kappa shape index (κ2) is 5.30. The van der Waals surface area contributed by atoms with Crippen LogP contribution in [0, 0.1) is 0 Å². The Kier molecular flexibility index (Phi) is 3.74. The Morgan fingerprint density at radius 1 is 1.32 bits per heavy atom. The number of hydrogen-bond donors (Lipinski definition) is 4. The third kappa shape index (κ3) is 3.05. The first-order chi connectivity index (χ1) is 9.03. The summed E-state index contributed by atoms with van der Waals surface area (Å²) < 4.78 is 26.6. The molecule has 0 aliphatic carbocycles. The number of rotatable bonds is 5. The van der Waals surface area contributed by atoms with Gasteiger partial charge in [-0.1, -0.05) is 0 Å². The van der Waals surface area contributed by atoms with Gasteiger partial charge in [0, 0.05) is 17.8 Å². The molecule has 2 aromatic rings. The average molecular weight is 283 g/mol. The fourth-order valence-corrected chi connectivity index (χ4v) is 2.52. The van der Waals surface area contributed by atoms with Crippen LogP contribution in [0.1, 0.15) is 18.5 Å². The highest BCUT2D eigenvalue weighted by Gasteiger charge is 2.19. The van der Waals surface area contributed by atoms with Gasteiger partial charge < -0.3 is 0 Å². The van der Waals surface area contributed by atoms with Crippen LogP contribution >= 0.6 is 0 Å². The van der Waals surface area contributed by atoms with Crippen LogP contribution in [-0.4, -0.2) is 28.6 Å². The summed E-state index contributed by atoms with van der Waals surface area (Å²) in [4.78, 5) is 7.46. The molecule has 0 spiro atoms. The molecule has 2 aromatic heterocycles. The van der Waals surface area contributed by atoms with E-state index < -0.39 is 16.1 Å². The maximum absolute atomic E-state index is 12.1. The van der Waals surface area contributed by atoms with Gasteiger partial charge >= 0.3 is 0 Å². The second-order valence-electron chi connectivity index (χ2n) is 3.76. The second-order valence-corrected chi connectivity index (χ2v) is 5.48. The number of sulfonamides is 1. The van der Waals surface area contributed by atoms with Gasteiger partial charge in [-0.25, -0.2) is 29.0 Å². The number of aromatic amines is 1. The van der Waals surface area contributed by atoms with Crippen molar-refractivity contribution in [2.24, 2.45) is 5.84 Å². The number of nitrogens with two attached hydrogens (primary N) is 1. The normalized spacial score (nSPS) is 13.2. The molecule has 0 saturated carbocycles. The summed E-state index contributed by atoms with van der Waals surface area (Å²) in [5.41, 5.74) is 2.95. The first kappa shape index (κ1) is 13.4. The van der Waals surface area contributed by atoms with E-state index in [-0.39, 0.29) is 10.8 Å². The molecule has 10 heteroatoms. The molecule has 9 nitrogen and oxygen atoms in total. The maximum Gasteiger partial charge on any atom is 0.244 e. The number of aromatic nitrogens is 4. The van der Waals surface area contributed by atoms with Crippen molar-refractivity contribution in [3.05, 3.63) is 30.4 Å². The van der Waals surface area contributed by atoms with Crippen molar-refractivity contribution in [1.29, 1.82) is 0 Å². The number of nitrogens with one attached hydrogen (secondary N) is 3. The zero-order chi connectivity index (χ0) is 13.9. The van der Waals surface area contributed by atoms with Crippen molar-refractivity contribution < 1.29 is 8.42 Å². The molecule has 0 aromatic carbocycles. The minimum absolute atomic E-state index is 0.0400. The molecule has 2 heterocycles. The van der Waals surface area contributed by atoms with E-state index in [1.807, 2.05) is 0 Å². The SMILES string of the molecule is CC(NS(=O)(=O)c1cnc(NN)nc1)c1cn[nH]c1. The molecule has 0 aliphatic heterocycles. The van der Waals surface area contributed by atoms with Gasteiger partial charge in [0.15, 0.2) is 0 Å². The van der Waals surface area contributed by atoms with E-state index in [0.717, 1.165) is 5.56 Å². The van der Waals surface area contributed by atoms with Gasteiger partial charge in [-0.05, 0) is 6.92 Å². The van der Waals surface area contributed by atoms with Crippen LogP contribution in [0.15, 0.2) is 29.7 Å². The molecule has 2 rings (SSSR count).